The fourth-order valence-corrected chi connectivity index (χ4v) is 1.16. The molecule has 0 fully saturated rings. The molecule has 1 aromatic heterocycles. The van der Waals surface area contributed by atoms with E-state index in [2.05, 4.69) is 4.98 Å². The van der Waals surface area contributed by atoms with Gasteiger partial charge in [-0.2, -0.15) is 0 Å². The molecule has 0 aliphatic heterocycles. The molecule has 4 nitrogen and oxygen atoms in total. The zero-order valence-corrected chi connectivity index (χ0v) is 8.47. The summed E-state index contributed by atoms with van der Waals surface area (Å²) in [5.74, 6) is -0.0735. The molecule has 0 aliphatic carbocycles. The van der Waals surface area contributed by atoms with Crippen molar-refractivity contribution in [2.24, 2.45) is 5.73 Å². The molecular formula is C10H15N3O. The third-order valence-electron chi connectivity index (χ3n) is 1.89. The predicted octanol–water partition coefficient (Wildman–Crippen LogP) is 0.387. The molecule has 0 bridgehead atoms. The number of aromatic nitrogens is 1. The molecule has 1 atom stereocenters. The van der Waals surface area contributed by atoms with E-state index in [1.807, 2.05) is 18.2 Å². The van der Waals surface area contributed by atoms with Crippen molar-refractivity contribution in [2.75, 3.05) is 7.05 Å². The quantitative estimate of drug-likeness (QED) is 0.755. The molecule has 14 heavy (non-hydrogen) atoms. The van der Waals surface area contributed by atoms with Gasteiger partial charge in [0.05, 0.1) is 18.3 Å². The lowest BCUT2D eigenvalue weighted by molar-refractivity contribution is -0.131. The van der Waals surface area contributed by atoms with Gasteiger partial charge in [0.1, 0.15) is 0 Å². The number of nitrogens with zero attached hydrogens (tertiary/aromatic N) is 2. The Morgan fingerprint density at radius 3 is 2.86 bits per heavy atom. The van der Waals surface area contributed by atoms with Gasteiger partial charge in [0.25, 0.3) is 0 Å². The van der Waals surface area contributed by atoms with Crippen LogP contribution in [0.1, 0.15) is 12.6 Å². The molecule has 1 amide bonds. The van der Waals surface area contributed by atoms with Gasteiger partial charge in [-0.3, -0.25) is 9.78 Å². The fraction of sp³-hybridized carbons (Fsp3) is 0.400. The Bertz CT molecular complexity index is 297. The smallest absolute Gasteiger partial charge is 0.239 e. The second kappa shape index (κ2) is 4.72. The van der Waals surface area contributed by atoms with Crippen LogP contribution < -0.4 is 5.73 Å². The van der Waals surface area contributed by atoms with E-state index >= 15 is 0 Å². The standard InChI is InChI=1S/C10H15N3O/c1-8(11)10(14)13(2)7-9-5-3-4-6-12-9/h3-6,8H,7,11H2,1-2H3/t8-/m0/s1. The summed E-state index contributed by atoms with van der Waals surface area (Å²) < 4.78 is 0. The molecule has 2 N–H and O–H groups in total. The van der Waals surface area contributed by atoms with Gasteiger partial charge in [-0.1, -0.05) is 6.07 Å². The van der Waals surface area contributed by atoms with E-state index in [4.69, 9.17) is 5.73 Å². The zero-order valence-electron chi connectivity index (χ0n) is 8.47. The summed E-state index contributed by atoms with van der Waals surface area (Å²) in [7, 11) is 1.72. The Balaban J connectivity index is 2.57. The highest BCUT2D eigenvalue weighted by molar-refractivity contribution is 5.80. The monoisotopic (exact) mass is 193 g/mol. The van der Waals surface area contributed by atoms with Crippen molar-refractivity contribution in [3.05, 3.63) is 30.1 Å². The molecule has 1 aromatic rings. The Morgan fingerprint density at radius 1 is 1.64 bits per heavy atom. The first kappa shape index (κ1) is 10.7. The van der Waals surface area contributed by atoms with Crippen molar-refractivity contribution < 1.29 is 4.79 Å². The number of hydrogen-bond acceptors (Lipinski definition) is 3. The third-order valence-corrected chi connectivity index (χ3v) is 1.89. The maximum Gasteiger partial charge on any atom is 0.239 e. The summed E-state index contributed by atoms with van der Waals surface area (Å²) in [4.78, 5) is 17.1. The van der Waals surface area contributed by atoms with E-state index in [1.165, 1.54) is 0 Å². The van der Waals surface area contributed by atoms with E-state index in [9.17, 15) is 4.79 Å². The van der Waals surface area contributed by atoms with Gasteiger partial charge in [-0.15, -0.1) is 0 Å². The number of hydrogen-bond donors (Lipinski definition) is 1. The molecule has 0 saturated heterocycles. The van der Waals surface area contributed by atoms with Gasteiger partial charge in [-0.05, 0) is 19.1 Å². The molecule has 76 valence electrons. The maximum atomic E-state index is 11.4. The van der Waals surface area contributed by atoms with Gasteiger partial charge in [0.2, 0.25) is 5.91 Å². The average Bonchev–Trinajstić information content (AvgIpc) is 2.18. The molecule has 0 aliphatic rings. The number of nitrogens with two attached hydrogens (primary N) is 1. The van der Waals surface area contributed by atoms with Crippen LogP contribution in [0.5, 0.6) is 0 Å². The lowest BCUT2D eigenvalue weighted by atomic mass is 10.3. The second-order valence-corrected chi connectivity index (χ2v) is 3.30. The van der Waals surface area contributed by atoms with Gasteiger partial charge >= 0.3 is 0 Å². The molecule has 1 rings (SSSR count). The van der Waals surface area contributed by atoms with Crippen LogP contribution in [0.3, 0.4) is 0 Å². The molecule has 0 saturated carbocycles. The van der Waals surface area contributed by atoms with Gasteiger partial charge in [-0.25, -0.2) is 0 Å². The summed E-state index contributed by atoms with van der Waals surface area (Å²) >= 11 is 0. The second-order valence-electron chi connectivity index (χ2n) is 3.30. The molecule has 0 spiro atoms. The fourth-order valence-electron chi connectivity index (χ4n) is 1.16. The number of amides is 1. The van der Waals surface area contributed by atoms with E-state index in [-0.39, 0.29) is 5.91 Å². The van der Waals surface area contributed by atoms with Crippen LogP contribution in [0.25, 0.3) is 0 Å². The molecular weight excluding hydrogens is 178 g/mol. The summed E-state index contributed by atoms with van der Waals surface area (Å²) in [5, 5.41) is 0. The highest BCUT2D eigenvalue weighted by atomic mass is 16.2. The largest absolute Gasteiger partial charge is 0.339 e. The number of pyridine rings is 1. The van der Waals surface area contributed by atoms with Crippen LogP contribution in [0.15, 0.2) is 24.4 Å². The van der Waals surface area contributed by atoms with E-state index < -0.39 is 6.04 Å². The topological polar surface area (TPSA) is 59.2 Å². The van der Waals surface area contributed by atoms with Crippen molar-refractivity contribution in [1.29, 1.82) is 0 Å². The van der Waals surface area contributed by atoms with Gasteiger partial charge < -0.3 is 10.6 Å². The SMILES string of the molecule is C[C@H](N)C(=O)N(C)Cc1ccccn1. The molecule has 0 aromatic carbocycles. The minimum Gasteiger partial charge on any atom is -0.339 e. The summed E-state index contributed by atoms with van der Waals surface area (Å²) in [6, 6.07) is 5.16. The normalized spacial score (nSPS) is 12.2. The number of rotatable bonds is 3. The van der Waals surface area contributed by atoms with Crippen molar-refractivity contribution in [2.45, 2.75) is 19.5 Å². The number of carbonyl (C=O) groups excluding carboxylic acids is 1. The summed E-state index contributed by atoms with van der Waals surface area (Å²) in [5.41, 5.74) is 6.34. The first-order chi connectivity index (χ1) is 6.61. The molecule has 4 heteroatoms. The maximum absolute atomic E-state index is 11.4. The molecule has 0 unspecified atom stereocenters. The van der Waals surface area contributed by atoms with Crippen molar-refractivity contribution in [3.8, 4) is 0 Å². The van der Waals surface area contributed by atoms with Crippen LogP contribution in [0.2, 0.25) is 0 Å². The third kappa shape index (κ3) is 2.81. The molecule has 0 radical (unpaired) electrons. The van der Waals surface area contributed by atoms with Crippen LogP contribution in [-0.2, 0) is 11.3 Å². The molecule has 1 heterocycles. The van der Waals surface area contributed by atoms with E-state index in [0.29, 0.717) is 6.54 Å². The van der Waals surface area contributed by atoms with E-state index in [1.54, 1.807) is 25.1 Å². The Hall–Kier alpha value is -1.42. The first-order valence-electron chi connectivity index (χ1n) is 4.51. The Labute approximate surface area is 83.7 Å². The van der Waals surface area contributed by atoms with Crippen molar-refractivity contribution >= 4 is 5.91 Å². The lowest BCUT2D eigenvalue weighted by Gasteiger charge is -2.18. The van der Waals surface area contributed by atoms with Crippen molar-refractivity contribution in [3.63, 3.8) is 0 Å². The van der Waals surface area contributed by atoms with Gasteiger partial charge in [0.15, 0.2) is 0 Å². The van der Waals surface area contributed by atoms with Crippen LogP contribution in [-0.4, -0.2) is 28.9 Å². The van der Waals surface area contributed by atoms with Crippen LogP contribution >= 0.6 is 0 Å². The minimum absolute atomic E-state index is 0.0735. The Morgan fingerprint density at radius 2 is 2.36 bits per heavy atom. The minimum atomic E-state index is -0.455. The highest BCUT2D eigenvalue weighted by Crippen LogP contribution is 1.99. The van der Waals surface area contributed by atoms with Crippen LogP contribution in [0.4, 0.5) is 0 Å². The predicted molar refractivity (Wildman–Crippen MR) is 54.4 cm³/mol. The first-order valence-corrected chi connectivity index (χ1v) is 4.51. The van der Waals surface area contributed by atoms with Crippen LogP contribution in [0, 0.1) is 0 Å². The van der Waals surface area contributed by atoms with Crippen molar-refractivity contribution in [1.82, 2.24) is 9.88 Å². The number of likely N-dealkylation sites (N-methyl/N-ethyl adjacent to an activating group) is 1. The van der Waals surface area contributed by atoms with E-state index in [0.717, 1.165) is 5.69 Å². The average molecular weight is 193 g/mol. The number of carbonyl (C=O) groups is 1. The summed E-state index contributed by atoms with van der Waals surface area (Å²) in [6.45, 7) is 2.18. The zero-order chi connectivity index (χ0) is 10.6. The highest BCUT2D eigenvalue weighted by Gasteiger charge is 2.13. The lowest BCUT2D eigenvalue weighted by Crippen LogP contribution is -2.39. The Kier molecular flexibility index (Phi) is 3.59. The van der Waals surface area contributed by atoms with Gasteiger partial charge in [0, 0.05) is 13.2 Å². The summed E-state index contributed by atoms with van der Waals surface area (Å²) in [6.07, 6.45) is 1.71.